The lowest BCUT2D eigenvalue weighted by Gasteiger charge is -2.08. The van der Waals surface area contributed by atoms with E-state index >= 15 is 0 Å². The fraction of sp³-hybridized carbons (Fsp3) is 0.250. The molecule has 2 aromatic rings. The SMILES string of the molecule is Cc1nn(C)c(C)c1S(=O)(=O)Nc1ccc(F)c([N+](=O)[O-])c1. The van der Waals surface area contributed by atoms with Crippen LogP contribution in [0, 0.1) is 29.8 Å². The molecule has 0 amide bonds. The van der Waals surface area contributed by atoms with Gasteiger partial charge in [-0.05, 0) is 26.0 Å². The van der Waals surface area contributed by atoms with Crippen molar-refractivity contribution in [1.29, 1.82) is 0 Å². The third-order valence-corrected chi connectivity index (χ3v) is 4.74. The molecule has 1 aromatic carbocycles. The maximum absolute atomic E-state index is 13.3. The molecule has 0 unspecified atom stereocenters. The van der Waals surface area contributed by atoms with Crippen molar-refractivity contribution in [3.8, 4) is 0 Å². The highest BCUT2D eigenvalue weighted by Crippen LogP contribution is 2.26. The second-order valence-corrected chi connectivity index (χ2v) is 6.27. The number of benzene rings is 1. The second kappa shape index (κ2) is 5.37. The minimum absolute atomic E-state index is 0.0121. The number of rotatable bonds is 4. The van der Waals surface area contributed by atoms with Crippen LogP contribution in [0.4, 0.5) is 15.8 Å². The summed E-state index contributed by atoms with van der Waals surface area (Å²) in [6.07, 6.45) is 0. The van der Waals surface area contributed by atoms with Gasteiger partial charge in [-0.3, -0.25) is 19.5 Å². The van der Waals surface area contributed by atoms with Gasteiger partial charge in [-0.15, -0.1) is 0 Å². The Hall–Kier alpha value is -2.49. The monoisotopic (exact) mass is 328 g/mol. The number of hydrogen-bond donors (Lipinski definition) is 1. The number of hydrogen-bond acceptors (Lipinski definition) is 5. The van der Waals surface area contributed by atoms with E-state index in [2.05, 4.69) is 9.82 Å². The first-order valence-electron chi connectivity index (χ1n) is 6.10. The number of nitrogens with one attached hydrogen (secondary N) is 1. The molecule has 22 heavy (non-hydrogen) atoms. The van der Waals surface area contributed by atoms with Gasteiger partial charge in [0.2, 0.25) is 5.82 Å². The molecule has 118 valence electrons. The first kappa shape index (κ1) is 15.9. The van der Waals surface area contributed by atoms with Gasteiger partial charge in [-0.25, -0.2) is 8.42 Å². The van der Waals surface area contributed by atoms with Crippen LogP contribution >= 0.6 is 0 Å². The molecule has 0 radical (unpaired) electrons. The van der Waals surface area contributed by atoms with Gasteiger partial charge in [0.15, 0.2) is 0 Å². The zero-order valence-corrected chi connectivity index (χ0v) is 12.8. The van der Waals surface area contributed by atoms with Gasteiger partial charge in [0.05, 0.1) is 22.0 Å². The number of nitrogens with zero attached hydrogens (tertiary/aromatic N) is 3. The quantitative estimate of drug-likeness (QED) is 0.681. The Morgan fingerprint density at radius 1 is 1.36 bits per heavy atom. The molecule has 0 saturated carbocycles. The summed E-state index contributed by atoms with van der Waals surface area (Å²) in [6, 6.07) is 2.77. The van der Waals surface area contributed by atoms with Gasteiger partial charge in [-0.2, -0.15) is 9.49 Å². The Morgan fingerprint density at radius 3 is 2.50 bits per heavy atom. The van der Waals surface area contributed by atoms with E-state index in [9.17, 15) is 22.9 Å². The van der Waals surface area contributed by atoms with E-state index in [1.165, 1.54) is 11.6 Å². The summed E-state index contributed by atoms with van der Waals surface area (Å²) >= 11 is 0. The second-order valence-electron chi connectivity index (χ2n) is 4.65. The fourth-order valence-electron chi connectivity index (χ4n) is 2.07. The molecule has 1 aromatic heterocycles. The third kappa shape index (κ3) is 2.77. The van der Waals surface area contributed by atoms with E-state index < -0.39 is 26.5 Å². The highest BCUT2D eigenvalue weighted by atomic mass is 32.2. The van der Waals surface area contributed by atoms with Crippen LogP contribution in [-0.2, 0) is 17.1 Å². The number of sulfonamides is 1. The normalized spacial score (nSPS) is 11.5. The number of anilines is 1. The Kier molecular flexibility index (Phi) is 3.88. The largest absolute Gasteiger partial charge is 0.306 e. The lowest BCUT2D eigenvalue weighted by Crippen LogP contribution is -2.15. The molecule has 0 aliphatic heterocycles. The smallest absolute Gasteiger partial charge is 0.279 e. The van der Waals surface area contributed by atoms with E-state index in [0.29, 0.717) is 11.4 Å². The number of aromatic nitrogens is 2. The molecule has 1 heterocycles. The summed E-state index contributed by atoms with van der Waals surface area (Å²) in [4.78, 5) is 9.76. The van der Waals surface area contributed by atoms with Crippen molar-refractivity contribution in [3.05, 3.63) is 45.5 Å². The van der Waals surface area contributed by atoms with Gasteiger partial charge < -0.3 is 0 Å². The first-order valence-corrected chi connectivity index (χ1v) is 7.58. The van der Waals surface area contributed by atoms with Crippen molar-refractivity contribution in [1.82, 2.24) is 9.78 Å². The molecule has 0 saturated heterocycles. The van der Waals surface area contributed by atoms with Crippen LogP contribution < -0.4 is 4.72 Å². The third-order valence-electron chi connectivity index (χ3n) is 3.11. The average Bonchev–Trinajstić information content (AvgIpc) is 2.65. The number of halogens is 1. The fourth-order valence-corrected chi connectivity index (χ4v) is 3.56. The summed E-state index contributed by atoms with van der Waals surface area (Å²) in [5.41, 5.74) is -0.193. The Balaban J connectivity index is 2.46. The van der Waals surface area contributed by atoms with Crippen molar-refractivity contribution < 1.29 is 17.7 Å². The van der Waals surface area contributed by atoms with Crippen LogP contribution in [0.2, 0.25) is 0 Å². The summed E-state index contributed by atoms with van der Waals surface area (Å²) in [7, 11) is -2.39. The predicted molar refractivity (Wildman–Crippen MR) is 76.5 cm³/mol. The zero-order chi connectivity index (χ0) is 16.7. The van der Waals surface area contributed by atoms with Gasteiger partial charge >= 0.3 is 5.69 Å². The molecule has 10 heteroatoms. The molecule has 0 spiro atoms. The van der Waals surface area contributed by atoms with E-state index in [4.69, 9.17) is 0 Å². The summed E-state index contributed by atoms with van der Waals surface area (Å²) in [5.74, 6) is -1.04. The summed E-state index contributed by atoms with van der Waals surface area (Å²) in [5, 5.41) is 14.7. The molecule has 1 N–H and O–H groups in total. The van der Waals surface area contributed by atoms with Crippen LogP contribution in [0.1, 0.15) is 11.4 Å². The Labute approximate surface area is 125 Å². The molecular weight excluding hydrogens is 315 g/mol. The molecule has 0 fully saturated rings. The van der Waals surface area contributed by atoms with Crippen LogP contribution in [0.25, 0.3) is 0 Å². The van der Waals surface area contributed by atoms with E-state index in [1.807, 2.05) is 0 Å². The van der Waals surface area contributed by atoms with Crippen LogP contribution in [0.3, 0.4) is 0 Å². The van der Waals surface area contributed by atoms with E-state index in [-0.39, 0.29) is 10.6 Å². The average molecular weight is 328 g/mol. The van der Waals surface area contributed by atoms with Crippen LogP contribution in [0.15, 0.2) is 23.1 Å². The molecule has 8 nitrogen and oxygen atoms in total. The predicted octanol–water partition coefficient (Wildman–Crippen LogP) is 1.89. The maximum atomic E-state index is 13.3. The molecule has 0 aliphatic carbocycles. The molecule has 0 bridgehead atoms. The maximum Gasteiger partial charge on any atom is 0.306 e. The Morgan fingerprint density at radius 2 is 2.00 bits per heavy atom. The lowest BCUT2D eigenvalue weighted by molar-refractivity contribution is -0.387. The summed E-state index contributed by atoms with van der Waals surface area (Å²) < 4.78 is 41.7. The topological polar surface area (TPSA) is 107 Å². The van der Waals surface area contributed by atoms with E-state index in [0.717, 1.165) is 18.2 Å². The minimum atomic E-state index is -3.99. The van der Waals surface area contributed by atoms with Crippen LogP contribution in [-0.4, -0.2) is 23.1 Å². The molecular formula is C12H13FN4O4S. The van der Waals surface area contributed by atoms with Gasteiger partial charge in [0.1, 0.15) is 4.90 Å². The number of nitro benzene ring substituents is 1. The molecule has 0 atom stereocenters. The van der Waals surface area contributed by atoms with Crippen molar-refractivity contribution in [2.24, 2.45) is 7.05 Å². The van der Waals surface area contributed by atoms with Gasteiger partial charge in [0.25, 0.3) is 10.0 Å². The minimum Gasteiger partial charge on any atom is -0.279 e. The van der Waals surface area contributed by atoms with Crippen molar-refractivity contribution in [2.75, 3.05) is 4.72 Å². The summed E-state index contributed by atoms with van der Waals surface area (Å²) in [6.45, 7) is 3.12. The van der Waals surface area contributed by atoms with Gasteiger partial charge in [-0.1, -0.05) is 0 Å². The van der Waals surface area contributed by atoms with Crippen LogP contribution in [0.5, 0.6) is 0 Å². The highest BCUT2D eigenvalue weighted by molar-refractivity contribution is 7.92. The number of nitro groups is 1. The molecule has 2 rings (SSSR count). The first-order chi connectivity index (χ1) is 10.1. The Bertz CT molecular complexity index is 860. The van der Waals surface area contributed by atoms with Crippen molar-refractivity contribution >= 4 is 21.4 Å². The standard InChI is InChI=1S/C12H13FN4O4S/c1-7-12(8(2)16(3)14-7)22(20,21)15-9-4-5-10(13)11(6-9)17(18)19/h4-6,15H,1-3H3. The van der Waals surface area contributed by atoms with Crippen molar-refractivity contribution in [2.45, 2.75) is 18.7 Å². The zero-order valence-electron chi connectivity index (χ0n) is 12.0. The van der Waals surface area contributed by atoms with Crippen molar-refractivity contribution in [3.63, 3.8) is 0 Å². The molecule has 0 aliphatic rings. The number of aryl methyl sites for hydroxylation is 2. The highest BCUT2D eigenvalue weighted by Gasteiger charge is 2.25. The van der Waals surface area contributed by atoms with Gasteiger partial charge in [0, 0.05) is 13.1 Å². The van der Waals surface area contributed by atoms with E-state index in [1.54, 1.807) is 14.0 Å². The lowest BCUT2D eigenvalue weighted by atomic mass is 10.3.